The minimum absolute atomic E-state index is 0.0171. The van der Waals surface area contributed by atoms with Crippen LogP contribution in [0.15, 0.2) is 24.3 Å². The van der Waals surface area contributed by atoms with Crippen LogP contribution in [-0.2, 0) is 4.79 Å². The molecular formula is C19H30N2O2. The Morgan fingerprint density at radius 1 is 1.26 bits per heavy atom. The van der Waals surface area contributed by atoms with Crippen molar-refractivity contribution in [1.29, 1.82) is 0 Å². The first-order valence-corrected chi connectivity index (χ1v) is 8.63. The number of nitrogens with one attached hydrogen (secondary N) is 1. The number of rotatable bonds is 5. The molecule has 1 aromatic rings. The molecular weight excluding hydrogens is 288 g/mol. The highest BCUT2D eigenvalue weighted by molar-refractivity contribution is 5.84. The molecule has 1 atom stereocenters. The maximum atomic E-state index is 13.0. The van der Waals surface area contributed by atoms with Gasteiger partial charge in [0.05, 0.1) is 12.1 Å². The molecule has 1 unspecified atom stereocenters. The zero-order chi connectivity index (χ0) is 16.9. The van der Waals surface area contributed by atoms with Crippen LogP contribution >= 0.6 is 0 Å². The summed E-state index contributed by atoms with van der Waals surface area (Å²) < 4.78 is 0. The Bertz CT molecular complexity index is 520. The van der Waals surface area contributed by atoms with Gasteiger partial charge in [-0.25, -0.2) is 0 Å². The number of carbonyl (C=O) groups excluding carboxylic acids is 1. The van der Waals surface area contributed by atoms with E-state index in [2.05, 4.69) is 11.4 Å². The van der Waals surface area contributed by atoms with Gasteiger partial charge >= 0.3 is 0 Å². The number of nitrogens with zero attached hydrogens (tertiary/aromatic N) is 1. The third-order valence-corrected chi connectivity index (χ3v) is 4.87. The molecule has 0 bridgehead atoms. The predicted octanol–water partition coefficient (Wildman–Crippen LogP) is 2.80. The summed E-state index contributed by atoms with van der Waals surface area (Å²) in [5.41, 5.74) is 1.69. The highest BCUT2D eigenvalue weighted by atomic mass is 16.3. The summed E-state index contributed by atoms with van der Waals surface area (Å²) in [7, 11) is 3.84. The Labute approximate surface area is 139 Å². The lowest BCUT2D eigenvalue weighted by molar-refractivity contribution is -0.128. The second kappa shape index (κ2) is 7.93. The van der Waals surface area contributed by atoms with Gasteiger partial charge in [-0.2, -0.15) is 0 Å². The first-order chi connectivity index (χ1) is 11.0. The summed E-state index contributed by atoms with van der Waals surface area (Å²) in [6.07, 6.45) is 6.24. The van der Waals surface area contributed by atoms with Crippen LogP contribution in [0.2, 0.25) is 0 Å². The second-order valence-corrected chi connectivity index (χ2v) is 7.12. The molecule has 128 valence electrons. The van der Waals surface area contributed by atoms with E-state index in [4.69, 9.17) is 0 Å². The van der Waals surface area contributed by atoms with Crippen LogP contribution in [0.3, 0.4) is 0 Å². The number of amides is 1. The summed E-state index contributed by atoms with van der Waals surface area (Å²) >= 11 is 0. The minimum atomic E-state index is -0.453. The number of benzene rings is 1. The van der Waals surface area contributed by atoms with E-state index < -0.39 is 5.54 Å². The zero-order valence-corrected chi connectivity index (χ0v) is 14.6. The molecule has 1 aromatic carbocycles. The number of aliphatic hydroxyl groups is 1. The normalized spacial score (nSPS) is 19.2. The van der Waals surface area contributed by atoms with Gasteiger partial charge in [0.2, 0.25) is 5.91 Å². The average Bonchev–Trinajstić information content (AvgIpc) is 2.73. The number of hydrogen-bond donors (Lipinski definition) is 2. The zero-order valence-electron chi connectivity index (χ0n) is 14.6. The lowest BCUT2D eigenvalue weighted by Gasteiger charge is -2.35. The van der Waals surface area contributed by atoms with Crippen molar-refractivity contribution in [2.24, 2.45) is 0 Å². The van der Waals surface area contributed by atoms with E-state index in [1.807, 2.05) is 44.1 Å². The molecule has 4 nitrogen and oxygen atoms in total. The number of hydrogen-bond acceptors (Lipinski definition) is 3. The Morgan fingerprint density at radius 2 is 1.91 bits per heavy atom. The van der Waals surface area contributed by atoms with Crippen molar-refractivity contribution in [3.63, 3.8) is 0 Å². The lowest BCUT2D eigenvalue weighted by Crippen LogP contribution is -2.53. The van der Waals surface area contributed by atoms with Crippen LogP contribution in [0.1, 0.15) is 55.7 Å². The first kappa shape index (κ1) is 18.0. The number of aryl methyl sites for hydroxylation is 1. The van der Waals surface area contributed by atoms with E-state index in [1.54, 1.807) is 0 Å². The summed E-state index contributed by atoms with van der Waals surface area (Å²) in [6.45, 7) is 2.06. The van der Waals surface area contributed by atoms with E-state index in [9.17, 15) is 9.90 Å². The molecule has 4 heteroatoms. The fraction of sp³-hybridized carbons (Fsp3) is 0.632. The van der Waals surface area contributed by atoms with Crippen molar-refractivity contribution < 1.29 is 9.90 Å². The molecule has 2 N–H and O–H groups in total. The van der Waals surface area contributed by atoms with Gasteiger partial charge in [0, 0.05) is 0 Å². The molecule has 0 heterocycles. The molecule has 0 aromatic heterocycles. The largest absolute Gasteiger partial charge is 0.394 e. The van der Waals surface area contributed by atoms with Crippen molar-refractivity contribution in [3.8, 4) is 0 Å². The Kier molecular flexibility index (Phi) is 6.19. The van der Waals surface area contributed by atoms with Crippen LogP contribution < -0.4 is 5.32 Å². The van der Waals surface area contributed by atoms with E-state index in [-0.39, 0.29) is 18.6 Å². The van der Waals surface area contributed by atoms with E-state index >= 15 is 0 Å². The van der Waals surface area contributed by atoms with Crippen molar-refractivity contribution >= 4 is 5.91 Å². The second-order valence-electron chi connectivity index (χ2n) is 7.12. The molecule has 2 rings (SSSR count). The molecule has 1 aliphatic rings. The quantitative estimate of drug-likeness (QED) is 0.821. The number of carbonyl (C=O) groups is 1. The molecule has 1 amide bonds. The van der Waals surface area contributed by atoms with Gasteiger partial charge in [-0.15, -0.1) is 0 Å². The van der Waals surface area contributed by atoms with Gasteiger partial charge < -0.3 is 10.4 Å². The lowest BCUT2D eigenvalue weighted by atomic mass is 9.90. The van der Waals surface area contributed by atoms with Gasteiger partial charge in [0.1, 0.15) is 6.04 Å². The van der Waals surface area contributed by atoms with Crippen LogP contribution in [-0.4, -0.2) is 42.2 Å². The van der Waals surface area contributed by atoms with Gasteiger partial charge in [0.15, 0.2) is 0 Å². The maximum absolute atomic E-state index is 13.0. The van der Waals surface area contributed by atoms with Crippen molar-refractivity contribution in [1.82, 2.24) is 10.2 Å². The maximum Gasteiger partial charge on any atom is 0.242 e. The monoisotopic (exact) mass is 318 g/mol. The van der Waals surface area contributed by atoms with Crippen LogP contribution in [0.25, 0.3) is 0 Å². The summed E-state index contributed by atoms with van der Waals surface area (Å²) in [5.74, 6) is -0.0171. The fourth-order valence-electron chi connectivity index (χ4n) is 3.58. The molecule has 1 fully saturated rings. The third kappa shape index (κ3) is 4.55. The molecule has 0 aliphatic heterocycles. The third-order valence-electron chi connectivity index (χ3n) is 4.87. The standard InChI is InChI=1S/C19H30N2O2/c1-15-9-8-10-16(13-15)17(21(2)3)18(23)20-19(14-22)11-6-4-5-7-12-19/h8-10,13,17,22H,4-7,11-12,14H2,1-3H3,(H,20,23). The van der Waals surface area contributed by atoms with E-state index in [0.29, 0.717) is 0 Å². The summed E-state index contributed by atoms with van der Waals surface area (Å²) in [6, 6.07) is 7.75. The fourth-order valence-corrected chi connectivity index (χ4v) is 3.58. The molecule has 1 aliphatic carbocycles. The van der Waals surface area contributed by atoms with Crippen molar-refractivity contribution in [2.75, 3.05) is 20.7 Å². The van der Waals surface area contributed by atoms with Crippen molar-refractivity contribution in [2.45, 2.75) is 57.0 Å². The Balaban J connectivity index is 2.20. The predicted molar refractivity (Wildman–Crippen MR) is 93.3 cm³/mol. The minimum Gasteiger partial charge on any atom is -0.394 e. The van der Waals surface area contributed by atoms with Crippen LogP contribution in [0.5, 0.6) is 0 Å². The van der Waals surface area contributed by atoms with Gasteiger partial charge in [-0.05, 0) is 39.4 Å². The first-order valence-electron chi connectivity index (χ1n) is 8.63. The highest BCUT2D eigenvalue weighted by Crippen LogP contribution is 2.28. The van der Waals surface area contributed by atoms with E-state index in [1.165, 1.54) is 12.8 Å². The summed E-state index contributed by atoms with van der Waals surface area (Å²) in [5, 5.41) is 13.1. The average molecular weight is 318 g/mol. The number of aliphatic hydroxyl groups excluding tert-OH is 1. The summed E-state index contributed by atoms with van der Waals surface area (Å²) in [4.78, 5) is 14.9. The van der Waals surface area contributed by atoms with Crippen molar-refractivity contribution in [3.05, 3.63) is 35.4 Å². The molecule has 0 spiro atoms. The van der Waals surface area contributed by atoms with Gasteiger partial charge in [-0.3, -0.25) is 9.69 Å². The van der Waals surface area contributed by atoms with Crippen LogP contribution in [0.4, 0.5) is 0 Å². The van der Waals surface area contributed by atoms with E-state index in [0.717, 1.165) is 36.8 Å². The van der Waals surface area contributed by atoms with Gasteiger partial charge in [0.25, 0.3) is 0 Å². The van der Waals surface area contributed by atoms with Gasteiger partial charge in [-0.1, -0.05) is 55.5 Å². The smallest absolute Gasteiger partial charge is 0.242 e. The molecule has 1 saturated carbocycles. The SMILES string of the molecule is Cc1cccc(C(C(=O)NC2(CO)CCCCCC2)N(C)C)c1. The van der Waals surface area contributed by atoms with Crippen LogP contribution in [0, 0.1) is 6.92 Å². The Hall–Kier alpha value is -1.39. The molecule has 23 heavy (non-hydrogen) atoms. The molecule has 0 radical (unpaired) electrons. The topological polar surface area (TPSA) is 52.6 Å². The highest BCUT2D eigenvalue weighted by Gasteiger charge is 2.35. The molecule has 0 saturated heterocycles. The Morgan fingerprint density at radius 3 is 2.43 bits per heavy atom. The number of likely N-dealkylation sites (N-methyl/N-ethyl adjacent to an activating group) is 1.